The highest BCUT2D eigenvalue weighted by molar-refractivity contribution is 6.05. The highest BCUT2D eigenvalue weighted by Gasteiger charge is 2.10. The number of amides is 1. The molecule has 0 radical (unpaired) electrons. The predicted octanol–water partition coefficient (Wildman–Crippen LogP) is 4.90. The number of nitrogens with zero attached hydrogens (tertiary/aromatic N) is 1. The Labute approximate surface area is 171 Å². The van der Waals surface area contributed by atoms with Gasteiger partial charge < -0.3 is 9.73 Å². The van der Waals surface area contributed by atoms with Crippen molar-refractivity contribution in [2.45, 2.75) is 6.92 Å². The van der Waals surface area contributed by atoms with E-state index >= 15 is 0 Å². The molecular weight excluding hydrogens is 378 g/mol. The molecule has 0 bridgehead atoms. The Balaban J connectivity index is 1.41. The zero-order valence-corrected chi connectivity index (χ0v) is 16.1. The maximum Gasteiger partial charge on any atom is 0.255 e. The van der Waals surface area contributed by atoms with Crippen molar-refractivity contribution in [3.05, 3.63) is 94.3 Å². The van der Waals surface area contributed by atoms with Crippen LogP contribution in [-0.2, 0) is 0 Å². The van der Waals surface area contributed by atoms with Gasteiger partial charge in [-0.1, -0.05) is 23.8 Å². The van der Waals surface area contributed by atoms with E-state index in [1.807, 2.05) is 37.3 Å². The average Bonchev–Trinajstić information content (AvgIpc) is 3.22. The summed E-state index contributed by atoms with van der Waals surface area (Å²) in [7, 11) is 0. The van der Waals surface area contributed by atoms with E-state index in [2.05, 4.69) is 15.5 Å². The van der Waals surface area contributed by atoms with Crippen LogP contribution >= 0.6 is 0 Å². The van der Waals surface area contributed by atoms with E-state index in [-0.39, 0.29) is 11.3 Å². The molecule has 30 heavy (non-hydrogen) atoms. The van der Waals surface area contributed by atoms with Gasteiger partial charge in [-0.2, -0.15) is 5.10 Å². The molecule has 0 fully saturated rings. The van der Waals surface area contributed by atoms with Gasteiger partial charge >= 0.3 is 0 Å². The van der Waals surface area contributed by atoms with Gasteiger partial charge in [0.05, 0.1) is 17.1 Å². The Kier molecular flexibility index (Phi) is 4.17. The van der Waals surface area contributed by atoms with Gasteiger partial charge in [-0.25, -0.2) is 0 Å². The summed E-state index contributed by atoms with van der Waals surface area (Å²) in [4.78, 5) is 25.0. The normalized spacial score (nSPS) is 11.1. The Morgan fingerprint density at radius 1 is 1.00 bits per heavy atom. The molecule has 0 unspecified atom stereocenters. The third-order valence-corrected chi connectivity index (χ3v) is 5.01. The predicted molar refractivity (Wildman–Crippen MR) is 117 cm³/mol. The Bertz CT molecular complexity index is 1460. The second kappa shape index (κ2) is 7.00. The number of hydrogen-bond acceptors (Lipinski definition) is 4. The molecule has 6 heteroatoms. The molecule has 5 aromatic rings. The number of H-pyrrole nitrogens is 1. The largest absolute Gasteiger partial charge is 0.456 e. The lowest BCUT2D eigenvalue weighted by Crippen LogP contribution is -2.11. The molecule has 2 N–H and O–H groups in total. The van der Waals surface area contributed by atoms with Crippen molar-refractivity contribution in [2.24, 2.45) is 0 Å². The van der Waals surface area contributed by atoms with Crippen molar-refractivity contribution in [1.82, 2.24) is 10.2 Å². The lowest BCUT2D eigenvalue weighted by atomic mass is 10.1. The van der Waals surface area contributed by atoms with Crippen LogP contribution in [-0.4, -0.2) is 16.1 Å². The van der Waals surface area contributed by atoms with Gasteiger partial charge in [-0.05, 0) is 49.4 Å². The summed E-state index contributed by atoms with van der Waals surface area (Å²) in [5.74, 6) is 0.240. The van der Waals surface area contributed by atoms with Gasteiger partial charge in [0, 0.05) is 28.3 Å². The average molecular weight is 395 g/mol. The van der Waals surface area contributed by atoms with Crippen LogP contribution in [0.5, 0.6) is 0 Å². The molecule has 5 rings (SSSR count). The minimum absolute atomic E-state index is 0.0917. The Morgan fingerprint density at radius 3 is 2.67 bits per heavy atom. The molecule has 0 aliphatic rings. The van der Waals surface area contributed by atoms with E-state index in [1.54, 1.807) is 36.5 Å². The van der Waals surface area contributed by atoms with Crippen LogP contribution < -0.4 is 10.7 Å². The molecule has 0 atom stereocenters. The summed E-state index contributed by atoms with van der Waals surface area (Å²) in [6.07, 6.45) is 1.73. The standard InChI is InChI=1S/C24H17N3O3/c1-14-2-9-22-19(10-14)21(28)12-23(30-22)15-3-5-16(6-4-15)24(29)26-18-8-7-17-13-25-27-20(17)11-18/h2-13H,1H3,(H,25,27)(H,26,29). The second-order valence-electron chi connectivity index (χ2n) is 7.18. The molecular formula is C24H17N3O3. The number of benzene rings is 3. The fourth-order valence-corrected chi connectivity index (χ4v) is 3.42. The van der Waals surface area contributed by atoms with Crippen LogP contribution in [0.3, 0.4) is 0 Å². The van der Waals surface area contributed by atoms with Crippen molar-refractivity contribution in [1.29, 1.82) is 0 Å². The SMILES string of the molecule is Cc1ccc2oc(-c3ccc(C(=O)Nc4ccc5cn[nH]c5c4)cc3)cc(=O)c2c1. The number of rotatable bonds is 3. The first kappa shape index (κ1) is 17.9. The molecule has 0 aliphatic carbocycles. The molecule has 0 spiro atoms. The first-order valence-electron chi connectivity index (χ1n) is 9.46. The number of carbonyl (C=O) groups excluding carboxylic acids is 1. The molecule has 0 saturated carbocycles. The number of fused-ring (bicyclic) bond motifs is 2. The van der Waals surface area contributed by atoms with Gasteiger partial charge in [0.2, 0.25) is 0 Å². The van der Waals surface area contributed by atoms with Crippen molar-refractivity contribution in [2.75, 3.05) is 5.32 Å². The fraction of sp³-hybridized carbons (Fsp3) is 0.0417. The molecule has 3 aromatic carbocycles. The molecule has 2 aromatic heterocycles. The van der Waals surface area contributed by atoms with E-state index < -0.39 is 0 Å². The minimum Gasteiger partial charge on any atom is -0.456 e. The lowest BCUT2D eigenvalue weighted by Gasteiger charge is -2.07. The molecule has 0 aliphatic heterocycles. The van der Waals surface area contributed by atoms with Crippen molar-refractivity contribution < 1.29 is 9.21 Å². The van der Waals surface area contributed by atoms with Crippen molar-refractivity contribution in [3.8, 4) is 11.3 Å². The van der Waals surface area contributed by atoms with E-state index in [0.29, 0.717) is 28.0 Å². The number of nitrogens with one attached hydrogen (secondary N) is 2. The maximum absolute atomic E-state index is 12.6. The third kappa shape index (κ3) is 3.24. The van der Waals surface area contributed by atoms with Gasteiger partial charge in [-0.3, -0.25) is 14.7 Å². The highest BCUT2D eigenvalue weighted by Crippen LogP contribution is 2.24. The van der Waals surface area contributed by atoms with Crippen LogP contribution in [0, 0.1) is 6.92 Å². The lowest BCUT2D eigenvalue weighted by molar-refractivity contribution is 0.102. The topological polar surface area (TPSA) is 88.0 Å². The van der Waals surface area contributed by atoms with Gasteiger partial charge in [0.25, 0.3) is 5.91 Å². The molecule has 2 heterocycles. The summed E-state index contributed by atoms with van der Waals surface area (Å²) < 4.78 is 5.90. The highest BCUT2D eigenvalue weighted by atomic mass is 16.3. The van der Waals surface area contributed by atoms with Gasteiger partial charge in [0.15, 0.2) is 5.43 Å². The quantitative estimate of drug-likeness (QED) is 0.455. The number of carbonyl (C=O) groups is 1. The van der Waals surface area contributed by atoms with Crippen molar-refractivity contribution in [3.63, 3.8) is 0 Å². The molecule has 6 nitrogen and oxygen atoms in total. The zero-order chi connectivity index (χ0) is 20.7. The molecule has 0 saturated heterocycles. The molecule has 146 valence electrons. The number of aromatic nitrogens is 2. The number of aryl methyl sites for hydroxylation is 1. The maximum atomic E-state index is 12.6. The summed E-state index contributed by atoms with van der Waals surface area (Å²) in [5.41, 5.74) is 4.21. The monoisotopic (exact) mass is 395 g/mol. The van der Waals surface area contributed by atoms with Crippen molar-refractivity contribution >= 4 is 33.5 Å². The van der Waals surface area contributed by atoms with Crippen LogP contribution in [0.4, 0.5) is 5.69 Å². The van der Waals surface area contributed by atoms with E-state index in [9.17, 15) is 9.59 Å². The first-order chi connectivity index (χ1) is 14.6. The second-order valence-corrected chi connectivity index (χ2v) is 7.18. The number of aromatic amines is 1. The van der Waals surface area contributed by atoms with Crippen LogP contribution in [0.15, 0.2) is 82.1 Å². The molecule has 1 amide bonds. The third-order valence-electron chi connectivity index (χ3n) is 5.01. The number of anilines is 1. The zero-order valence-electron chi connectivity index (χ0n) is 16.1. The van der Waals surface area contributed by atoms with Crippen LogP contribution in [0.1, 0.15) is 15.9 Å². The van der Waals surface area contributed by atoms with E-state index in [4.69, 9.17) is 4.42 Å². The van der Waals surface area contributed by atoms with Crippen LogP contribution in [0.25, 0.3) is 33.2 Å². The van der Waals surface area contributed by atoms with E-state index in [1.165, 1.54) is 6.07 Å². The Hall–Kier alpha value is -4.19. The van der Waals surface area contributed by atoms with Crippen LogP contribution in [0.2, 0.25) is 0 Å². The fourth-order valence-electron chi connectivity index (χ4n) is 3.42. The van der Waals surface area contributed by atoms with Gasteiger partial charge in [0.1, 0.15) is 11.3 Å². The van der Waals surface area contributed by atoms with E-state index in [0.717, 1.165) is 22.0 Å². The summed E-state index contributed by atoms with van der Waals surface area (Å²) in [6.45, 7) is 1.93. The summed E-state index contributed by atoms with van der Waals surface area (Å²) in [5, 5.41) is 11.3. The smallest absolute Gasteiger partial charge is 0.255 e. The summed E-state index contributed by atoms with van der Waals surface area (Å²) in [6, 6.07) is 19.5. The Morgan fingerprint density at radius 2 is 1.83 bits per heavy atom. The number of hydrogen-bond donors (Lipinski definition) is 2. The minimum atomic E-state index is -0.226. The first-order valence-corrected chi connectivity index (χ1v) is 9.46. The van der Waals surface area contributed by atoms with Gasteiger partial charge in [-0.15, -0.1) is 0 Å². The summed E-state index contributed by atoms with van der Waals surface area (Å²) >= 11 is 0.